The number of nitro benzene ring substituents is 1. The van der Waals surface area contributed by atoms with Crippen molar-refractivity contribution in [2.75, 3.05) is 5.32 Å². The molecule has 0 saturated carbocycles. The van der Waals surface area contributed by atoms with Crippen LogP contribution < -0.4 is 5.32 Å². The zero-order chi connectivity index (χ0) is 20.2. The first-order valence-electron chi connectivity index (χ1n) is 7.52. The summed E-state index contributed by atoms with van der Waals surface area (Å²) in [4.78, 5) is 34.3. The first-order valence-corrected chi connectivity index (χ1v) is 7.52. The summed E-state index contributed by atoms with van der Waals surface area (Å²) in [5.41, 5.74) is -1.93. The van der Waals surface area contributed by atoms with E-state index >= 15 is 0 Å². The van der Waals surface area contributed by atoms with Crippen molar-refractivity contribution in [3.05, 3.63) is 69.8 Å². The lowest BCUT2D eigenvalue weighted by Crippen LogP contribution is -2.30. The molecule has 0 radical (unpaired) electrons. The number of halogens is 3. The Morgan fingerprint density at radius 1 is 1.15 bits per heavy atom. The number of nitrogens with one attached hydrogen (secondary N) is 1. The Morgan fingerprint density at radius 3 is 2.44 bits per heavy atom. The van der Waals surface area contributed by atoms with Crippen molar-refractivity contribution in [2.45, 2.75) is 19.2 Å². The van der Waals surface area contributed by atoms with Crippen molar-refractivity contribution in [3.63, 3.8) is 0 Å². The molecule has 0 spiro atoms. The Bertz CT molecular complexity index is 883. The summed E-state index contributed by atoms with van der Waals surface area (Å²) in [6.07, 6.45) is -5.97. The number of nitrogens with zero attached hydrogens (tertiary/aromatic N) is 1. The van der Waals surface area contributed by atoms with E-state index in [0.29, 0.717) is 0 Å². The number of nitro groups is 1. The summed E-state index contributed by atoms with van der Waals surface area (Å²) in [5.74, 6) is -1.99. The van der Waals surface area contributed by atoms with Gasteiger partial charge in [0.15, 0.2) is 6.10 Å². The monoisotopic (exact) mass is 382 g/mol. The van der Waals surface area contributed by atoms with E-state index in [-0.39, 0.29) is 11.3 Å². The predicted molar refractivity (Wildman–Crippen MR) is 88.0 cm³/mol. The van der Waals surface area contributed by atoms with Crippen molar-refractivity contribution < 1.29 is 32.4 Å². The molecular weight excluding hydrogens is 369 g/mol. The van der Waals surface area contributed by atoms with E-state index in [1.54, 1.807) is 0 Å². The van der Waals surface area contributed by atoms with E-state index in [0.717, 1.165) is 30.3 Å². The Labute approximate surface area is 150 Å². The highest BCUT2D eigenvalue weighted by Crippen LogP contribution is 2.30. The largest absolute Gasteiger partial charge is 0.449 e. The maximum atomic E-state index is 12.7. The van der Waals surface area contributed by atoms with E-state index in [1.165, 1.54) is 25.1 Å². The minimum atomic E-state index is -4.58. The van der Waals surface area contributed by atoms with Crippen LogP contribution in [0.15, 0.2) is 48.5 Å². The molecule has 1 N–H and O–H groups in total. The summed E-state index contributed by atoms with van der Waals surface area (Å²) in [6, 6.07) is 8.94. The molecule has 0 saturated heterocycles. The quantitative estimate of drug-likeness (QED) is 0.482. The topological polar surface area (TPSA) is 98.5 Å². The summed E-state index contributed by atoms with van der Waals surface area (Å²) in [6.45, 7) is 1.19. The molecule has 10 heteroatoms. The van der Waals surface area contributed by atoms with Crippen LogP contribution >= 0.6 is 0 Å². The van der Waals surface area contributed by atoms with E-state index in [9.17, 15) is 32.9 Å². The lowest BCUT2D eigenvalue weighted by molar-refractivity contribution is -0.385. The maximum Gasteiger partial charge on any atom is 0.416 e. The van der Waals surface area contributed by atoms with Crippen molar-refractivity contribution in [3.8, 4) is 0 Å². The molecule has 142 valence electrons. The first kappa shape index (κ1) is 19.9. The molecule has 1 amide bonds. The summed E-state index contributed by atoms with van der Waals surface area (Å²) in [5, 5.41) is 13.1. The van der Waals surface area contributed by atoms with Crippen molar-refractivity contribution in [2.24, 2.45) is 0 Å². The lowest BCUT2D eigenvalue weighted by atomic mass is 10.2. The number of esters is 1. The van der Waals surface area contributed by atoms with Crippen LogP contribution in [-0.4, -0.2) is 22.9 Å². The molecule has 0 aliphatic carbocycles. The smallest absolute Gasteiger partial charge is 0.416 e. The van der Waals surface area contributed by atoms with Gasteiger partial charge in [-0.3, -0.25) is 14.9 Å². The van der Waals surface area contributed by atoms with E-state index in [1.807, 2.05) is 0 Å². The number of para-hydroxylation sites is 1. The molecule has 0 fully saturated rings. The zero-order valence-electron chi connectivity index (χ0n) is 13.8. The molecule has 0 aliphatic rings. The van der Waals surface area contributed by atoms with Crippen LogP contribution in [0.4, 0.5) is 24.5 Å². The Kier molecular flexibility index (Phi) is 5.78. The van der Waals surface area contributed by atoms with Gasteiger partial charge in [-0.05, 0) is 31.2 Å². The number of carbonyl (C=O) groups excluding carboxylic acids is 2. The second-order valence-corrected chi connectivity index (χ2v) is 5.39. The van der Waals surface area contributed by atoms with Gasteiger partial charge >= 0.3 is 12.1 Å². The van der Waals surface area contributed by atoms with Gasteiger partial charge in [-0.15, -0.1) is 0 Å². The van der Waals surface area contributed by atoms with Crippen molar-refractivity contribution >= 4 is 23.3 Å². The Morgan fingerprint density at radius 2 is 1.81 bits per heavy atom. The normalized spacial score (nSPS) is 12.1. The maximum absolute atomic E-state index is 12.7. The van der Waals surface area contributed by atoms with Crippen LogP contribution in [-0.2, 0) is 15.7 Å². The molecule has 7 nitrogen and oxygen atoms in total. The third kappa shape index (κ3) is 5.03. The fourth-order valence-corrected chi connectivity index (χ4v) is 2.10. The Balaban J connectivity index is 2.08. The average molecular weight is 382 g/mol. The average Bonchev–Trinajstić information content (AvgIpc) is 2.61. The molecule has 0 bridgehead atoms. The molecule has 0 aromatic heterocycles. The molecule has 2 aromatic rings. The number of anilines is 1. The number of hydrogen-bond acceptors (Lipinski definition) is 5. The number of hydrogen-bond donors (Lipinski definition) is 1. The highest BCUT2D eigenvalue weighted by Gasteiger charge is 2.31. The van der Waals surface area contributed by atoms with Crippen LogP contribution in [0.25, 0.3) is 0 Å². The van der Waals surface area contributed by atoms with Gasteiger partial charge in [-0.1, -0.05) is 18.2 Å². The second-order valence-electron chi connectivity index (χ2n) is 5.39. The molecule has 2 aromatic carbocycles. The van der Waals surface area contributed by atoms with Gasteiger partial charge in [0, 0.05) is 11.8 Å². The van der Waals surface area contributed by atoms with Crippen molar-refractivity contribution in [1.82, 2.24) is 0 Å². The SMILES string of the molecule is CC(OC(=O)c1ccccc1[N+](=O)[O-])C(=O)Nc1cccc(C(F)(F)F)c1. The molecule has 1 unspecified atom stereocenters. The van der Waals surface area contributed by atoms with Crippen LogP contribution in [0.5, 0.6) is 0 Å². The first-order chi connectivity index (χ1) is 12.6. The van der Waals surface area contributed by atoms with E-state index in [2.05, 4.69) is 5.32 Å². The highest BCUT2D eigenvalue weighted by molar-refractivity contribution is 5.98. The highest BCUT2D eigenvalue weighted by atomic mass is 19.4. The fourth-order valence-electron chi connectivity index (χ4n) is 2.10. The van der Waals surface area contributed by atoms with E-state index < -0.39 is 40.3 Å². The standard InChI is InChI=1S/C17H13F3N2O5/c1-10(27-16(24)13-7-2-3-8-14(13)22(25)26)15(23)21-12-6-4-5-11(9-12)17(18,19)20/h2-10H,1H3,(H,21,23). The molecule has 27 heavy (non-hydrogen) atoms. The number of benzene rings is 2. The van der Waals surface area contributed by atoms with Gasteiger partial charge in [-0.25, -0.2) is 4.79 Å². The van der Waals surface area contributed by atoms with Crippen LogP contribution in [0.3, 0.4) is 0 Å². The van der Waals surface area contributed by atoms with Gasteiger partial charge in [0.25, 0.3) is 11.6 Å². The number of carbonyl (C=O) groups is 2. The minimum absolute atomic E-state index is 0.136. The molecule has 1 atom stereocenters. The van der Waals surface area contributed by atoms with Crippen LogP contribution in [0.2, 0.25) is 0 Å². The summed E-state index contributed by atoms with van der Waals surface area (Å²) < 4.78 is 42.9. The van der Waals surface area contributed by atoms with Gasteiger partial charge in [0.1, 0.15) is 5.56 Å². The predicted octanol–water partition coefficient (Wildman–Crippen LogP) is 3.80. The second kappa shape index (κ2) is 7.85. The lowest BCUT2D eigenvalue weighted by Gasteiger charge is -2.14. The van der Waals surface area contributed by atoms with Gasteiger partial charge in [-0.2, -0.15) is 13.2 Å². The summed E-state index contributed by atoms with van der Waals surface area (Å²) in [7, 11) is 0. The number of rotatable bonds is 5. The van der Waals surface area contributed by atoms with Gasteiger partial charge in [0.05, 0.1) is 10.5 Å². The summed E-state index contributed by atoms with van der Waals surface area (Å²) >= 11 is 0. The zero-order valence-corrected chi connectivity index (χ0v) is 13.8. The molecule has 0 aliphatic heterocycles. The number of ether oxygens (including phenoxy) is 1. The van der Waals surface area contributed by atoms with Crippen LogP contribution in [0.1, 0.15) is 22.8 Å². The Hall–Kier alpha value is -3.43. The van der Waals surface area contributed by atoms with E-state index in [4.69, 9.17) is 4.74 Å². The van der Waals surface area contributed by atoms with Gasteiger partial charge in [0.2, 0.25) is 0 Å². The minimum Gasteiger partial charge on any atom is -0.449 e. The van der Waals surface area contributed by atoms with Crippen LogP contribution in [0, 0.1) is 10.1 Å². The fraction of sp³-hybridized carbons (Fsp3) is 0.176. The number of amides is 1. The third-order valence-corrected chi connectivity index (χ3v) is 3.43. The van der Waals surface area contributed by atoms with Crippen molar-refractivity contribution in [1.29, 1.82) is 0 Å². The molecule has 0 heterocycles. The molecule has 2 rings (SSSR count). The number of alkyl halides is 3. The van der Waals surface area contributed by atoms with Gasteiger partial charge < -0.3 is 10.1 Å². The molecular formula is C17H13F3N2O5. The third-order valence-electron chi connectivity index (χ3n) is 3.43.